The molecular formula is C12H14SiTi+2. The summed E-state index contributed by atoms with van der Waals surface area (Å²) in [5, 5.41) is 1.56. The third kappa shape index (κ3) is 2.57. The number of allylic oxidation sites excluding steroid dienone is 4. The summed E-state index contributed by atoms with van der Waals surface area (Å²) >= 11 is 0. The van der Waals surface area contributed by atoms with Gasteiger partial charge in [-0.3, -0.25) is 0 Å². The van der Waals surface area contributed by atoms with Gasteiger partial charge in [0, 0.05) is 5.92 Å². The molecule has 0 nitrogen and oxygen atoms in total. The van der Waals surface area contributed by atoms with Crippen molar-refractivity contribution < 1.29 is 21.7 Å². The predicted octanol–water partition coefficient (Wildman–Crippen LogP) is 1.74. The Hall–Kier alpha value is -0.369. The molecule has 14 heavy (non-hydrogen) atoms. The van der Waals surface area contributed by atoms with E-state index in [0.717, 1.165) is 0 Å². The van der Waals surface area contributed by atoms with Crippen molar-refractivity contribution in [2.24, 2.45) is 0 Å². The quantitative estimate of drug-likeness (QED) is 0.684. The van der Waals surface area contributed by atoms with Gasteiger partial charge < -0.3 is 0 Å². The van der Waals surface area contributed by atoms with Crippen LogP contribution in [-0.2, 0) is 21.7 Å². The SMILES string of the molecule is C[SiH2]c1cccc(C2C=CC=C2)c1.[Ti+2]. The van der Waals surface area contributed by atoms with Crippen LogP contribution in [0.5, 0.6) is 0 Å². The fourth-order valence-electron chi connectivity index (χ4n) is 1.67. The molecule has 0 amide bonds. The molecule has 0 saturated carbocycles. The molecule has 0 bridgehead atoms. The molecular weight excluding hydrogens is 220 g/mol. The molecule has 2 rings (SSSR count). The molecule has 1 aliphatic rings. The second-order valence-electron chi connectivity index (χ2n) is 3.39. The molecule has 0 atom stereocenters. The van der Waals surface area contributed by atoms with Crippen molar-refractivity contribution in [1.29, 1.82) is 0 Å². The number of benzene rings is 1. The van der Waals surface area contributed by atoms with Crippen molar-refractivity contribution in [3.05, 3.63) is 54.1 Å². The van der Waals surface area contributed by atoms with E-state index in [0.29, 0.717) is 5.92 Å². The van der Waals surface area contributed by atoms with Crippen LogP contribution >= 0.6 is 0 Å². The smallest absolute Gasteiger partial charge is 0.0732 e. The Morgan fingerprint density at radius 2 is 1.86 bits per heavy atom. The molecule has 0 aliphatic heterocycles. The summed E-state index contributed by atoms with van der Waals surface area (Å²) in [5.41, 5.74) is 1.44. The third-order valence-electron chi connectivity index (χ3n) is 2.49. The number of hydrogen-bond acceptors (Lipinski definition) is 0. The molecule has 0 heterocycles. The second-order valence-corrected chi connectivity index (χ2v) is 4.92. The van der Waals surface area contributed by atoms with Crippen LogP contribution in [0.15, 0.2) is 48.6 Å². The second kappa shape index (κ2) is 5.50. The van der Waals surface area contributed by atoms with E-state index in [2.05, 4.69) is 55.1 Å². The summed E-state index contributed by atoms with van der Waals surface area (Å²) in [6, 6.07) is 9.01. The van der Waals surface area contributed by atoms with Gasteiger partial charge >= 0.3 is 21.7 Å². The van der Waals surface area contributed by atoms with Gasteiger partial charge in [0.05, 0.1) is 9.52 Å². The van der Waals surface area contributed by atoms with Crippen LogP contribution in [0.1, 0.15) is 11.5 Å². The van der Waals surface area contributed by atoms with Crippen molar-refractivity contribution in [1.82, 2.24) is 0 Å². The zero-order valence-corrected chi connectivity index (χ0v) is 11.4. The van der Waals surface area contributed by atoms with Gasteiger partial charge in [0.2, 0.25) is 0 Å². The zero-order chi connectivity index (χ0) is 9.10. The Morgan fingerprint density at radius 1 is 1.14 bits per heavy atom. The molecule has 0 fully saturated rings. The minimum Gasteiger partial charge on any atom is -0.0732 e. The molecule has 0 aromatic heterocycles. The van der Waals surface area contributed by atoms with Crippen LogP contribution in [-0.4, -0.2) is 9.52 Å². The summed E-state index contributed by atoms with van der Waals surface area (Å²) in [7, 11) is -0.00518. The Bertz CT molecular complexity index is 343. The summed E-state index contributed by atoms with van der Waals surface area (Å²) < 4.78 is 0. The molecule has 1 aromatic rings. The average molecular weight is 234 g/mol. The van der Waals surface area contributed by atoms with Crippen molar-refractivity contribution in [3.8, 4) is 0 Å². The third-order valence-corrected chi connectivity index (χ3v) is 3.75. The van der Waals surface area contributed by atoms with Crippen LogP contribution in [0.3, 0.4) is 0 Å². The zero-order valence-electron chi connectivity index (χ0n) is 8.40. The first-order valence-electron chi connectivity index (χ1n) is 4.84. The fourth-order valence-corrected chi connectivity index (χ4v) is 2.49. The van der Waals surface area contributed by atoms with Gasteiger partial charge in [-0.1, -0.05) is 60.3 Å². The van der Waals surface area contributed by atoms with Crippen molar-refractivity contribution in [2.75, 3.05) is 0 Å². The van der Waals surface area contributed by atoms with Gasteiger partial charge in [0.15, 0.2) is 0 Å². The van der Waals surface area contributed by atoms with Crippen molar-refractivity contribution in [3.63, 3.8) is 0 Å². The van der Waals surface area contributed by atoms with Crippen molar-refractivity contribution >= 4 is 14.7 Å². The van der Waals surface area contributed by atoms with Gasteiger partial charge in [-0.15, -0.1) is 0 Å². The Kier molecular flexibility index (Phi) is 4.60. The van der Waals surface area contributed by atoms with Gasteiger partial charge in [-0.05, 0) is 5.56 Å². The topological polar surface area (TPSA) is 0 Å². The fraction of sp³-hybridized carbons (Fsp3) is 0.167. The van der Waals surface area contributed by atoms with Gasteiger partial charge in [0.1, 0.15) is 0 Å². The largest absolute Gasteiger partial charge is 2.00 e. The maximum absolute atomic E-state index is 2.36. The summed E-state index contributed by atoms with van der Waals surface area (Å²) in [4.78, 5) is 0. The number of hydrogen-bond donors (Lipinski definition) is 0. The van der Waals surface area contributed by atoms with Crippen LogP contribution < -0.4 is 5.19 Å². The summed E-state index contributed by atoms with van der Waals surface area (Å²) in [5.74, 6) is 0.528. The first kappa shape index (κ1) is 11.7. The molecule has 1 aliphatic carbocycles. The standard InChI is InChI=1S/C12H14Si.Ti/c1-13-12-8-4-7-11(9-12)10-5-2-3-6-10;/h2-10H,13H2,1H3;/q;+2. The van der Waals surface area contributed by atoms with Crippen LogP contribution in [0, 0.1) is 0 Å². The van der Waals surface area contributed by atoms with Gasteiger partial charge in [-0.25, -0.2) is 0 Å². The average Bonchev–Trinajstić information content (AvgIpc) is 2.71. The first-order valence-corrected chi connectivity index (χ1v) is 6.96. The summed E-state index contributed by atoms with van der Waals surface area (Å²) in [6.45, 7) is 2.33. The van der Waals surface area contributed by atoms with E-state index in [1.807, 2.05) is 0 Å². The van der Waals surface area contributed by atoms with Crippen LogP contribution in [0.25, 0.3) is 0 Å². The molecule has 0 saturated heterocycles. The minimum absolute atomic E-state index is 0. The van der Waals surface area contributed by atoms with E-state index in [1.54, 1.807) is 5.19 Å². The predicted molar refractivity (Wildman–Crippen MR) is 61.5 cm³/mol. The van der Waals surface area contributed by atoms with E-state index in [-0.39, 0.29) is 31.2 Å². The van der Waals surface area contributed by atoms with E-state index < -0.39 is 0 Å². The molecule has 2 heteroatoms. The Labute approximate surface area is 103 Å². The van der Waals surface area contributed by atoms with Gasteiger partial charge in [0.25, 0.3) is 0 Å². The molecule has 68 valence electrons. The molecule has 0 unspecified atom stereocenters. The van der Waals surface area contributed by atoms with E-state index in [4.69, 9.17) is 0 Å². The Balaban J connectivity index is 0.000000980. The minimum atomic E-state index is -0.00518. The van der Waals surface area contributed by atoms with E-state index >= 15 is 0 Å². The molecule has 0 N–H and O–H groups in total. The monoisotopic (exact) mass is 234 g/mol. The van der Waals surface area contributed by atoms with Crippen molar-refractivity contribution in [2.45, 2.75) is 12.5 Å². The maximum Gasteiger partial charge on any atom is 2.00 e. The molecule has 0 radical (unpaired) electrons. The Morgan fingerprint density at radius 3 is 2.50 bits per heavy atom. The van der Waals surface area contributed by atoms with Gasteiger partial charge in [-0.2, -0.15) is 0 Å². The maximum atomic E-state index is 2.36. The van der Waals surface area contributed by atoms with Crippen LogP contribution in [0.4, 0.5) is 0 Å². The van der Waals surface area contributed by atoms with E-state index in [1.165, 1.54) is 5.56 Å². The van der Waals surface area contributed by atoms with E-state index in [9.17, 15) is 0 Å². The molecule has 0 spiro atoms. The van der Waals surface area contributed by atoms with Crippen LogP contribution in [0.2, 0.25) is 6.55 Å². The first-order chi connectivity index (χ1) is 6.40. The summed E-state index contributed by atoms with van der Waals surface area (Å²) in [6.07, 6.45) is 8.74. The normalized spacial score (nSPS) is 15.2. The number of rotatable bonds is 2. The molecule has 1 aromatic carbocycles.